The molecule has 2 aromatic heterocycles. The number of pyridine rings is 1. The van der Waals surface area contributed by atoms with Gasteiger partial charge in [0.05, 0.1) is 21.6 Å². The normalized spacial score (nSPS) is 12.6. The second-order valence-electron chi connectivity index (χ2n) is 6.80. The van der Waals surface area contributed by atoms with E-state index in [0.717, 1.165) is 16.4 Å². The molecule has 0 radical (unpaired) electrons. The number of nitrogens with one attached hydrogen (secondary N) is 1. The Labute approximate surface area is 191 Å². The number of carbonyl (C=O) groups is 1. The van der Waals surface area contributed by atoms with Crippen LogP contribution in [-0.2, 0) is 11.8 Å². The summed E-state index contributed by atoms with van der Waals surface area (Å²) in [6.45, 7) is 1.72. The third-order valence-corrected chi connectivity index (χ3v) is 5.80. The fourth-order valence-electron chi connectivity index (χ4n) is 3.14. The van der Waals surface area contributed by atoms with Crippen molar-refractivity contribution in [1.29, 1.82) is 10.5 Å². The lowest BCUT2D eigenvalue weighted by Crippen LogP contribution is -2.32. The first-order valence-corrected chi connectivity index (χ1v) is 10.3. The molecule has 166 valence electrons. The number of aromatic nitrogens is 3. The van der Waals surface area contributed by atoms with Crippen molar-refractivity contribution >= 4 is 29.2 Å². The largest absolute Gasteiger partial charge is 0.539 e. The van der Waals surface area contributed by atoms with Crippen molar-refractivity contribution in [2.75, 3.05) is 17.8 Å². The highest BCUT2D eigenvalue weighted by Gasteiger charge is 2.30. The van der Waals surface area contributed by atoms with E-state index in [1.165, 1.54) is 7.05 Å². The van der Waals surface area contributed by atoms with Crippen LogP contribution in [0.3, 0.4) is 0 Å². The zero-order valence-electron chi connectivity index (χ0n) is 17.3. The molecule has 0 spiro atoms. The second-order valence-corrected chi connectivity index (χ2v) is 8.13. The number of amides is 1. The molecule has 1 unspecified atom stereocenters. The molecular formula is C20H15N7O5S. The number of fused-ring (bicyclic) bond motifs is 1. The molecule has 3 aromatic rings. The smallest absolute Gasteiger partial charge is 0.266 e. The number of thioether (sulfide) groups is 1. The van der Waals surface area contributed by atoms with Gasteiger partial charge < -0.3 is 30.2 Å². The van der Waals surface area contributed by atoms with E-state index < -0.39 is 11.2 Å². The van der Waals surface area contributed by atoms with Crippen LogP contribution in [0, 0.1) is 22.7 Å². The highest BCUT2D eigenvalue weighted by molar-refractivity contribution is 8.00. The summed E-state index contributed by atoms with van der Waals surface area (Å²) in [6, 6.07) is 8.81. The van der Waals surface area contributed by atoms with Crippen molar-refractivity contribution in [1.82, 2.24) is 10.3 Å². The number of anilines is 2. The average molecular weight is 465 g/mol. The van der Waals surface area contributed by atoms with Gasteiger partial charge in [0.15, 0.2) is 24.5 Å². The van der Waals surface area contributed by atoms with Gasteiger partial charge >= 0.3 is 0 Å². The van der Waals surface area contributed by atoms with Crippen molar-refractivity contribution in [3.63, 3.8) is 0 Å². The van der Waals surface area contributed by atoms with Crippen LogP contribution in [0.25, 0.3) is 11.3 Å². The highest BCUT2D eigenvalue weighted by Crippen LogP contribution is 2.38. The Morgan fingerprint density at radius 1 is 1.30 bits per heavy atom. The quantitative estimate of drug-likeness (QED) is 0.401. The minimum atomic E-state index is -0.847. The Balaban J connectivity index is 1.66. The van der Waals surface area contributed by atoms with Crippen molar-refractivity contribution in [3.8, 4) is 40.8 Å². The number of nitrogens with two attached hydrogens (primary N) is 1. The fraction of sp³-hybridized carbons (Fsp3) is 0.200. The van der Waals surface area contributed by atoms with E-state index in [2.05, 4.69) is 20.1 Å². The van der Waals surface area contributed by atoms with Crippen LogP contribution >= 0.6 is 11.8 Å². The summed E-state index contributed by atoms with van der Waals surface area (Å²) < 4.78 is 16.3. The second kappa shape index (κ2) is 8.57. The van der Waals surface area contributed by atoms with Crippen molar-refractivity contribution in [2.24, 2.45) is 7.05 Å². The molecule has 0 saturated heterocycles. The van der Waals surface area contributed by atoms with E-state index in [9.17, 15) is 20.4 Å². The van der Waals surface area contributed by atoms with E-state index in [1.54, 1.807) is 25.1 Å². The van der Waals surface area contributed by atoms with Gasteiger partial charge in [-0.25, -0.2) is 4.98 Å². The van der Waals surface area contributed by atoms with Crippen LogP contribution in [0.5, 0.6) is 17.4 Å². The number of hydrogen-bond acceptors (Lipinski definition) is 11. The molecule has 1 aliphatic rings. The number of nitrogens with zero attached hydrogens (tertiary/aromatic N) is 5. The zero-order valence-corrected chi connectivity index (χ0v) is 18.1. The molecule has 0 saturated carbocycles. The van der Waals surface area contributed by atoms with Gasteiger partial charge in [-0.05, 0) is 19.1 Å². The van der Waals surface area contributed by atoms with Crippen molar-refractivity contribution in [2.45, 2.75) is 17.2 Å². The number of carbonyl (C=O) groups excluding carboxylic acids is 1. The molecule has 13 heteroatoms. The topological polar surface area (TPSA) is 187 Å². The molecule has 0 bridgehead atoms. The molecule has 0 aliphatic carbocycles. The van der Waals surface area contributed by atoms with Gasteiger partial charge in [0.1, 0.15) is 28.5 Å². The summed E-state index contributed by atoms with van der Waals surface area (Å²) >= 11 is 0.951. The Morgan fingerprint density at radius 2 is 2.03 bits per heavy atom. The van der Waals surface area contributed by atoms with Crippen LogP contribution in [0.1, 0.15) is 18.1 Å². The molecule has 12 nitrogen and oxygen atoms in total. The lowest BCUT2D eigenvalue weighted by Gasteiger charge is -2.15. The predicted octanol–water partition coefficient (Wildman–Crippen LogP) is 0.808. The van der Waals surface area contributed by atoms with E-state index in [4.69, 9.17) is 15.2 Å². The van der Waals surface area contributed by atoms with Crippen LogP contribution in [0.15, 0.2) is 27.7 Å². The van der Waals surface area contributed by atoms with Gasteiger partial charge in [0, 0.05) is 11.8 Å². The monoisotopic (exact) mass is 465 g/mol. The van der Waals surface area contributed by atoms with Crippen LogP contribution in [-0.4, -0.2) is 28.2 Å². The predicted molar refractivity (Wildman–Crippen MR) is 111 cm³/mol. The Hall–Kier alpha value is -4.49. The lowest BCUT2D eigenvalue weighted by atomic mass is 10.0. The van der Waals surface area contributed by atoms with Gasteiger partial charge in [-0.15, -0.1) is 0 Å². The number of rotatable bonds is 5. The molecule has 1 aliphatic heterocycles. The first kappa shape index (κ1) is 21.7. The van der Waals surface area contributed by atoms with Gasteiger partial charge in [-0.1, -0.05) is 16.4 Å². The summed E-state index contributed by atoms with van der Waals surface area (Å²) in [5, 5.41) is 37.2. The fourth-order valence-corrected chi connectivity index (χ4v) is 4.06. The number of aryl methyl sites for hydroxylation is 1. The Bertz CT molecular complexity index is 1340. The van der Waals surface area contributed by atoms with E-state index in [1.807, 2.05) is 12.1 Å². The molecule has 4 rings (SSSR count). The van der Waals surface area contributed by atoms with Crippen LogP contribution < -0.4 is 30.3 Å². The standard InChI is InChI=1S/C20H15N7O5S/c1-9(18(28)24-10-3-4-13-14(5-10)31-8-30-13)33-19-12(7-22)15(11(6-21)17(23)25-19)16-20(29)32-26-27(16)2/h3-5,9H,8H2,1-2H3,(H3-,23,24,25,26,28,29). The first-order chi connectivity index (χ1) is 15.8. The average Bonchev–Trinajstić information content (AvgIpc) is 3.38. The number of ether oxygens (including phenoxy) is 2. The third kappa shape index (κ3) is 3.93. The molecule has 1 atom stereocenters. The molecule has 3 N–H and O–H groups in total. The number of nitrogen functional groups attached to an aromatic ring is 1. The summed E-state index contributed by atoms with van der Waals surface area (Å²) in [5.41, 5.74) is 6.01. The van der Waals surface area contributed by atoms with Gasteiger partial charge in [-0.2, -0.15) is 10.5 Å². The molecule has 3 heterocycles. The van der Waals surface area contributed by atoms with Gasteiger partial charge in [-0.3, -0.25) is 4.79 Å². The number of benzene rings is 1. The highest BCUT2D eigenvalue weighted by atomic mass is 32.2. The molecule has 1 amide bonds. The van der Waals surface area contributed by atoms with Gasteiger partial charge in [0.2, 0.25) is 12.7 Å². The van der Waals surface area contributed by atoms with Crippen molar-refractivity contribution < 1.29 is 28.6 Å². The summed E-state index contributed by atoms with van der Waals surface area (Å²) in [7, 11) is 1.42. The van der Waals surface area contributed by atoms with Crippen LogP contribution in [0.2, 0.25) is 0 Å². The lowest BCUT2D eigenvalue weighted by molar-refractivity contribution is -0.730. The maximum atomic E-state index is 12.8. The molecule has 1 aromatic carbocycles. The minimum absolute atomic E-state index is 0.0490. The molecule has 33 heavy (non-hydrogen) atoms. The first-order valence-electron chi connectivity index (χ1n) is 9.38. The third-order valence-electron chi connectivity index (χ3n) is 4.71. The van der Waals surface area contributed by atoms with Crippen LogP contribution in [0.4, 0.5) is 11.5 Å². The Kier molecular flexibility index (Phi) is 5.64. The number of hydrogen-bond donors (Lipinski definition) is 2. The molecular weight excluding hydrogens is 450 g/mol. The maximum absolute atomic E-state index is 12.8. The zero-order chi connectivity index (χ0) is 23.7. The summed E-state index contributed by atoms with van der Waals surface area (Å²) in [6.07, 6.45) is 0. The van der Waals surface area contributed by atoms with E-state index in [-0.39, 0.29) is 45.9 Å². The summed E-state index contributed by atoms with van der Waals surface area (Å²) in [5.74, 6) is -0.327. The van der Waals surface area contributed by atoms with Gasteiger partial charge in [0.25, 0.3) is 5.69 Å². The van der Waals surface area contributed by atoms with E-state index in [0.29, 0.717) is 17.2 Å². The van der Waals surface area contributed by atoms with E-state index >= 15 is 0 Å². The summed E-state index contributed by atoms with van der Waals surface area (Å²) in [4.78, 5) is 16.9. The maximum Gasteiger partial charge on any atom is 0.266 e. The SMILES string of the molecule is CC(Sc1nc(N)c(C#N)c(-c2c([O-])on[n+]2C)c1C#N)C(=O)Nc1ccc2c(c1)OCO2. The molecule has 0 fully saturated rings. The minimum Gasteiger partial charge on any atom is -0.539 e. The number of nitriles is 2. The Morgan fingerprint density at radius 3 is 2.70 bits per heavy atom. The van der Waals surface area contributed by atoms with Crippen molar-refractivity contribution in [3.05, 3.63) is 29.3 Å².